The molecule has 138 valence electrons. The van der Waals surface area contributed by atoms with Gasteiger partial charge in [0.15, 0.2) is 0 Å². The highest BCUT2D eigenvalue weighted by molar-refractivity contribution is 6.03. The van der Waals surface area contributed by atoms with Crippen LogP contribution in [0.25, 0.3) is 0 Å². The molecule has 26 heavy (non-hydrogen) atoms. The van der Waals surface area contributed by atoms with Crippen LogP contribution in [-0.2, 0) is 0 Å². The minimum absolute atomic E-state index is 0.227. The molecule has 1 aromatic carbocycles. The molecule has 3 rings (SSSR count). The Morgan fingerprint density at radius 1 is 1.04 bits per heavy atom. The van der Waals surface area contributed by atoms with Crippen LogP contribution < -0.4 is 10.2 Å². The van der Waals surface area contributed by atoms with E-state index in [4.69, 9.17) is 0 Å². The van der Waals surface area contributed by atoms with Crippen LogP contribution in [0.1, 0.15) is 34.1 Å². The Balaban J connectivity index is 1.68. The second kappa shape index (κ2) is 7.83. The predicted octanol–water partition coefficient (Wildman–Crippen LogP) is 2.80. The van der Waals surface area contributed by atoms with Crippen molar-refractivity contribution in [1.29, 1.82) is 0 Å². The van der Waals surface area contributed by atoms with Crippen LogP contribution in [0.4, 0.5) is 11.5 Å². The SMILES string of the molecule is CCN1CCN(c2cnc(C(=O)Nc3c(C)cc(C)cc3C)cn2)CC1. The van der Waals surface area contributed by atoms with E-state index in [1.54, 1.807) is 12.4 Å². The number of likely N-dealkylation sites (N-methyl/N-ethyl adjacent to an activating group) is 1. The minimum Gasteiger partial charge on any atom is -0.353 e. The molecule has 1 aliphatic heterocycles. The summed E-state index contributed by atoms with van der Waals surface area (Å²) in [6, 6.07) is 4.13. The summed E-state index contributed by atoms with van der Waals surface area (Å²) in [5.74, 6) is 0.606. The van der Waals surface area contributed by atoms with Crippen molar-refractivity contribution in [2.45, 2.75) is 27.7 Å². The molecule has 6 nitrogen and oxygen atoms in total. The average molecular weight is 353 g/mol. The number of carbonyl (C=O) groups is 1. The zero-order chi connectivity index (χ0) is 18.7. The predicted molar refractivity (Wildman–Crippen MR) is 105 cm³/mol. The van der Waals surface area contributed by atoms with Gasteiger partial charge in [0, 0.05) is 31.9 Å². The number of benzene rings is 1. The zero-order valence-electron chi connectivity index (χ0n) is 16.0. The van der Waals surface area contributed by atoms with Gasteiger partial charge in [-0.25, -0.2) is 9.97 Å². The number of carbonyl (C=O) groups excluding carboxylic acids is 1. The molecule has 1 N–H and O–H groups in total. The van der Waals surface area contributed by atoms with Crippen molar-refractivity contribution in [1.82, 2.24) is 14.9 Å². The molecule has 1 fully saturated rings. The number of nitrogens with one attached hydrogen (secondary N) is 1. The van der Waals surface area contributed by atoms with Crippen LogP contribution in [0.2, 0.25) is 0 Å². The van der Waals surface area contributed by atoms with E-state index in [-0.39, 0.29) is 5.91 Å². The molecule has 0 atom stereocenters. The van der Waals surface area contributed by atoms with Gasteiger partial charge in [0.05, 0.1) is 12.4 Å². The molecule has 0 aliphatic carbocycles. The van der Waals surface area contributed by atoms with Gasteiger partial charge in [-0.3, -0.25) is 4.79 Å². The first-order chi connectivity index (χ1) is 12.5. The maximum Gasteiger partial charge on any atom is 0.275 e. The number of anilines is 2. The Labute approximate surface area is 155 Å². The fraction of sp³-hybridized carbons (Fsp3) is 0.450. The monoisotopic (exact) mass is 353 g/mol. The second-order valence-corrected chi connectivity index (χ2v) is 6.91. The smallest absolute Gasteiger partial charge is 0.275 e. The number of nitrogens with zero attached hydrogens (tertiary/aromatic N) is 4. The molecule has 2 heterocycles. The molecule has 0 radical (unpaired) electrons. The highest BCUT2D eigenvalue weighted by atomic mass is 16.1. The van der Waals surface area contributed by atoms with Crippen LogP contribution in [-0.4, -0.2) is 53.5 Å². The standard InChI is InChI=1S/C20H27N5O/c1-5-24-6-8-25(9-7-24)18-13-21-17(12-22-18)20(26)23-19-15(3)10-14(2)11-16(19)4/h10-13H,5-9H2,1-4H3,(H,23,26). The topological polar surface area (TPSA) is 61.4 Å². The molecule has 0 unspecified atom stereocenters. The van der Waals surface area contributed by atoms with Gasteiger partial charge >= 0.3 is 0 Å². The quantitative estimate of drug-likeness (QED) is 0.916. The normalized spacial score (nSPS) is 15.2. The van der Waals surface area contributed by atoms with E-state index >= 15 is 0 Å². The molecule has 1 aromatic heterocycles. The Bertz CT molecular complexity index is 756. The number of aryl methyl sites for hydroxylation is 3. The summed E-state index contributed by atoms with van der Waals surface area (Å²) in [6.07, 6.45) is 3.26. The third-order valence-electron chi connectivity index (χ3n) is 4.93. The Hall–Kier alpha value is -2.47. The first-order valence-electron chi connectivity index (χ1n) is 9.16. The summed E-state index contributed by atoms with van der Waals surface area (Å²) < 4.78 is 0. The van der Waals surface area contributed by atoms with Gasteiger partial charge in [-0.05, 0) is 38.4 Å². The molecule has 6 heteroatoms. The Morgan fingerprint density at radius 3 is 2.23 bits per heavy atom. The van der Waals surface area contributed by atoms with E-state index in [9.17, 15) is 4.79 Å². The molecular formula is C20H27N5O. The van der Waals surface area contributed by atoms with Crippen molar-refractivity contribution in [3.05, 3.63) is 46.9 Å². The maximum atomic E-state index is 12.5. The lowest BCUT2D eigenvalue weighted by atomic mass is 10.1. The van der Waals surface area contributed by atoms with E-state index in [0.29, 0.717) is 5.69 Å². The fourth-order valence-electron chi connectivity index (χ4n) is 3.45. The van der Waals surface area contributed by atoms with Gasteiger partial charge in [-0.15, -0.1) is 0 Å². The summed E-state index contributed by atoms with van der Waals surface area (Å²) in [4.78, 5) is 26.0. The summed E-state index contributed by atoms with van der Waals surface area (Å²) in [6.45, 7) is 13.3. The van der Waals surface area contributed by atoms with Gasteiger partial charge in [0.1, 0.15) is 11.5 Å². The highest BCUT2D eigenvalue weighted by Crippen LogP contribution is 2.22. The van der Waals surface area contributed by atoms with Gasteiger partial charge in [0.2, 0.25) is 0 Å². The van der Waals surface area contributed by atoms with E-state index in [1.165, 1.54) is 5.56 Å². The molecule has 2 aromatic rings. The summed E-state index contributed by atoms with van der Waals surface area (Å²) in [7, 11) is 0. The number of hydrogen-bond acceptors (Lipinski definition) is 5. The van der Waals surface area contributed by atoms with Crippen molar-refractivity contribution in [2.75, 3.05) is 42.9 Å². The van der Waals surface area contributed by atoms with E-state index < -0.39 is 0 Å². The van der Waals surface area contributed by atoms with E-state index in [1.807, 2.05) is 13.8 Å². The van der Waals surface area contributed by atoms with Gasteiger partial charge in [0.25, 0.3) is 5.91 Å². The van der Waals surface area contributed by atoms with Gasteiger partial charge in [-0.1, -0.05) is 24.6 Å². The average Bonchev–Trinajstić information content (AvgIpc) is 2.64. The lowest BCUT2D eigenvalue weighted by Crippen LogP contribution is -2.46. The number of piperazine rings is 1. The third-order valence-corrected chi connectivity index (χ3v) is 4.93. The Morgan fingerprint density at radius 2 is 1.69 bits per heavy atom. The van der Waals surface area contributed by atoms with Crippen LogP contribution in [0.3, 0.4) is 0 Å². The summed E-state index contributed by atoms with van der Waals surface area (Å²) in [5, 5.41) is 2.97. The molecular weight excluding hydrogens is 326 g/mol. The van der Waals surface area contributed by atoms with Crippen molar-refractivity contribution in [3.63, 3.8) is 0 Å². The van der Waals surface area contributed by atoms with Crippen molar-refractivity contribution < 1.29 is 4.79 Å². The van der Waals surface area contributed by atoms with Crippen LogP contribution >= 0.6 is 0 Å². The van der Waals surface area contributed by atoms with Gasteiger partial charge < -0.3 is 15.1 Å². The van der Waals surface area contributed by atoms with E-state index in [0.717, 1.165) is 55.4 Å². The second-order valence-electron chi connectivity index (χ2n) is 6.91. The van der Waals surface area contributed by atoms with Crippen molar-refractivity contribution >= 4 is 17.4 Å². The molecule has 0 saturated carbocycles. The number of hydrogen-bond donors (Lipinski definition) is 1. The molecule has 0 bridgehead atoms. The number of rotatable bonds is 4. The number of amides is 1. The molecule has 1 amide bonds. The first-order valence-corrected chi connectivity index (χ1v) is 9.16. The van der Waals surface area contributed by atoms with Crippen molar-refractivity contribution in [3.8, 4) is 0 Å². The number of aromatic nitrogens is 2. The fourth-order valence-corrected chi connectivity index (χ4v) is 3.45. The van der Waals surface area contributed by atoms with E-state index in [2.05, 4.69) is 51.1 Å². The maximum absolute atomic E-state index is 12.5. The minimum atomic E-state index is -0.227. The van der Waals surface area contributed by atoms with Gasteiger partial charge in [-0.2, -0.15) is 0 Å². The lowest BCUT2D eigenvalue weighted by molar-refractivity contribution is 0.102. The Kier molecular flexibility index (Phi) is 5.52. The van der Waals surface area contributed by atoms with Crippen LogP contribution in [0.5, 0.6) is 0 Å². The molecule has 1 aliphatic rings. The van der Waals surface area contributed by atoms with Crippen LogP contribution in [0.15, 0.2) is 24.5 Å². The summed E-state index contributed by atoms with van der Waals surface area (Å²) >= 11 is 0. The molecule has 1 saturated heterocycles. The third kappa shape index (κ3) is 4.02. The zero-order valence-corrected chi connectivity index (χ0v) is 16.0. The van der Waals surface area contributed by atoms with Crippen molar-refractivity contribution in [2.24, 2.45) is 0 Å². The first kappa shape index (κ1) is 18.3. The lowest BCUT2D eigenvalue weighted by Gasteiger charge is -2.34. The highest BCUT2D eigenvalue weighted by Gasteiger charge is 2.18. The largest absolute Gasteiger partial charge is 0.353 e. The van der Waals surface area contributed by atoms with Crippen LogP contribution in [0, 0.1) is 20.8 Å². The molecule has 0 spiro atoms. The summed E-state index contributed by atoms with van der Waals surface area (Å²) in [5.41, 5.74) is 4.47.